The average Bonchev–Trinajstić information content (AvgIpc) is 3.11. The number of hydrogen-bond donors (Lipinski definition) is 0. The molecular formula is C15H14ClN3O3. The summed E-state index contributed by atoms with van der Waals surface area (Å²) in [6.07, 6.45) is 0.714. The maximum Gasteiger partial charge on any atom is 0.254 e. The summed E-state index contributed by atoms with van der Waals surface area (Å²) in [6.45, 7) is 1.35. The van der Waals surface area contributed by atoms with Gasteiger partial charge >= 0.3 is 0 Å². The zero-order chi connectivity index (χ0) is 15.3. The molecule has 0 unspecified atom stereocenters. The van der Waals surface area contributed by atoms with Crippen LogP contribution in [0.2, 0.25) is 5.28 Å². The second-order valence-electron chi connectivity index (χ2n) is 5.38. The number of ether oxygens (including phenoxy) is 2. The van der Waals surface area contributed by atoms with E-state index in [-0.39, 0.29) is 12.7 Å². The van der Waals surface area contributed by atoms with Crippen LogP contribution in [-0.4, -0.2) is 33.7 Å². The Kier molecular flexibility index (Phi) is 3.00. The molecule has 22 heavy (non-hydrogen) atoms. The fourth-order valence-electron chi connectivity index (χ4n) is 2.84. The van der Waals surface area contributed by atoms with E-state index in [0.717, 1.165) is 11.4 Å². The summed E-state index contributed by atoms with van der Waals surface area (Å²) in [5.41, 5.74) is 2.56. The highest BCUT2D eigenvalue weighted by Gasteiger charge is 2.27. The molecule has 7 heteroatoms. The van der Waals surface area contributed by atoms with Crippen LogP contribution in [0.1, 0.15) is 21.7 Å². The number of amides is 1. The fraction of sp³-hybridized carbons (Fsp3) is 0.333. The van der Waals surface area contributed by atoms with E-state index in [4.69, 9.17) is 21.1 Å². The zero-order valence-corrected chi connectivity index (χ0v) is 12.8. The van der Waals surface area contributed by atoms with Crippen LogP contribution in [0.5, 0.6) is 11.5 Å². The lowest BCUT2D eigenvalue weighted by molar-refractivity contribution is 0.0729. The average molecular weight is 320 g/mol. The Morgan fingerprint density at radius 3 is 3.00 bits per heavy atom. The molecule has 0 aliphatic carbocycles. The van der Waals surface area contributed by atoms with Crippen molar-refractivity contribution in [2.45, 2.75) is 13.0 Å². The summed E-state index contributed by atoms with van der Waals surface area (Å²) >= 11 is 6.05. The van der Waals surface area contributed by atoms with E-state index in [1.165, 1.54) is 0 Å². The van der Waals surface area contributed by atoms with Crippen LogP contribution < -0.4 is 9.47 Å². The molecule has 2 aliphatic heterocycles. The van der Waals surface area contributed by atoms with E-state index in [1.54, 1.807) is 23.1 Å². The van der Waals surface area contributed by atoms with Crippen molar-refractivity contribution in [3.05, 3.63) is 40.4 Å². The first-order valence-corrected chi connectivity index (χ1v) is 7.40. The van der Waals surface area contributed by atoms with E-state index < -0.39 is 0 Å². The molecule has 3 heterocycles. The normalized spacial score (nSPS) is 15.8. The Balaban J connectivity index is 1.60. The van der Waals surface area contributed by atoms with Gasteiger partial charge in [-0.25, -0.2) is 4.98 Å². The van der Waals surface area contributed by atoms with Gasteiger partial charge < -0.3 is 18.9 Å². The van der Waals surface area contributed by atoms with Crippen LogP contribution >= 0.6 is 11.6 Å². The van der Waals surface area contributed by atoms with Gasteiger partial charge in [-0.3, -0.25) is 4.79 Å². The highest BCUT2D eigenvalue weighted by molar-refractivity contribution is 6.28. The van der Waals surface area contributed by atoms with Gasteiger partial charge in [0.2, 0.25) is 12.1 Å². The van der Waals surface area contributed by atoms with Crippen LogP contribution in [0.4, 0.5) is 0 Å². The van der Waals surface area contributed by atoms with Gasteiger partial charge in [0.1, 0.15) is 0 Å². The van der Waals surface area contributed by atoms with Crippen molar-refractivity contribution in [3.8, 4) is 11.5 Å². The van der Waals surface area contributed by atoms with Crippen LogP contribution in [0.3, 0.4) is 0 Å². The maximum absolute atomic E-state index is 12.7. The first-order valence-electron chi connectivity index (χ1n) is 7.02. The first kappa shape index (κ1) is 13.5. The molecule has 2 aliphatic rings. The van der Waals surface area contributed by atoms with Gasteiger partial charge in [-0.1, -0.05) is 0 Å². The summed E-state index contributed by atoms with van der Waals surface area (Å²) < 4.78 is 12.4. The number of carbonyl (C=O) groups excluding carboxylic acids is 1. The van der Waals surface area contributed by atoms with Gasteiger partial charge in [-0.2, -0.15) is 0 Å². The molecular weight excluding hydrogens is 306 g/mol. The summed E-state index contributed by atoms with van der Waals surface area (Å²) in [5, 5.41) is 0.461. The molecule has 1 aromatic heterocycles. The number of benzene rings is 1. The Morgan fingerprint density at radius 1 is 1.32 bits per heavy atom. The molecule has 6 nitrogen and oxygen atoms in total. The second-order valence-corrected chi connectivity index (χ2v) is 5.72. The molecule has 1 amide bonds. The van der Waals surface area contributed by atoms with Crippen LogP contribution in [0.15, 0.2) is 18.2 Å². The Labute approximate surface area is 132 Å². The van der Waals surface area contributed by atoms with Crippen molar-refractivity contribution in [2.75, 3.05) is 13.3 Å². The highest BCUT2D eigenvalue weighted by atomic mass is 35.5. The van der Waals surface area contributed by atoms with Crippen molar-refractivity contribution < 1.29 is 14.3 Å². The van der Waals surface area contributed by atoms with Gasteiger partial charge in [0, 0.05) is 25.6 Å². The molecule has 0 fully saturated rings. The van der Waals surface area contributed by atoms with Gasteiger partial charge in [-0.05, 0) is 29.8 Å². The molecule has 0 N–H and O–H groups in total. The van der Waals surface area contributed by atoms with Crippen molar-refractivity contribution in [3.63, 3.8) is 0 Å². The number of fused-ring (bicyclic) bond motifs is 2. The number of carbonyl (C=O) groups is 1. The molecule has 0 saturated heterocycles. The molecule has 0 radical (unpaired) electrons. The summed E-state index contributed by atoms with van der Waals surface area (Å²) in [6, 6.07) is 5.27. The molecule has 2 aromatic rings. The van der Waals surface area contributed by atoms with Crippen molar-refractivity contribution in [1.29, 1.82) is 0 Å². The Morgan fingerprint density at radius 2 is 2.14 bits per heavy atom. The van der Waals surface area contributed by atoms with Crippen LogP contribution in [0, 0.1) is 0 Å². The van der Waals surface area contributed by atoms with Gasteiger partial charge in [0.05, 0.1) is 17.9 Å². The van der Waals surface area contributed by atoms with Gasteiger partial charge in [0.15, 0.2) is 11.5 Å². The topological polar surface area (TPSA) is 56.6 Å². The zero-order valence-electron chi connectivity index (χ0n) is 12.0. The molecule has 0 atom stereocenters. The van der Waals surface area contributed by atoms with E-state index in [0.29, 0.717) is 41.9 Å². The lowest BCUT2D eigenvalue weighted by atomic mass is 10.1. The van der Waals surface area contributed by atoms with Crippen LogP contribution in [-0.2, 0) is 20.0 Å². The number of hydrogen-bond acceptors (Lipinski definition) is 4. The summed E-state index contributed by atoms with van der Waals surface area (Å²) in [5.74, 6) is 1.27. The minimum Gasteiger partial charge on any atom is -0.454 e. The summed E-state index contributed by atoms with van der Waals surface area (Å²) in [7, 11) is 1.86. The lowest BCUT2D eigenvalue weighted by Gasteiger charge is -2.27. The Bertz CT molecular complexity index is 772. The smallest absolute Gasteiger partial charge is 0.254 e. The molecule has 114 valence electrons. The highest BCUT2D eigenvalue weighted by Crippen LogP contribution is 2.33. The number of imidazole rings is 1. The molecule has 0 spiro atoms. The van der Waals surface area contributed by atoms with E-state index >= 15 is 0 Å². The minimum atomic E-state index is -0.0266. The van der Waals surface area contributed by atoms with Crippen molar-refractivity contribution >= 4 is 17.5 Å². The third kappa shape index (κ3) is 2.02. The Hall–Kier alpha value is -2.21. The van der Waals surface area contributed by atoms with Crippen LogP contribution in [0.25, 0.3) is 0 Å². The van der Waals surface area contributed by atoms with Gasteiger partial charge in [-0.15, -0.1) is 0 Å². The molecule has 1 aromatic carbocycles. The third-order valence-electron chi connectivity index (χ3n) is 4.11. The quantitative estimate of drug-likeness (QED) is 0.806. The fourth-order valence-corrected chi connectivity index (χ4v) is 3.04. The minimum absolute atomic E-state index is 0.0266. The predicted molar refractivity (Wildman–Crippen MR) is 79.2 cm³/mol. The van der Waals surface area contributed by atoms with Gasteiger partial charge in [0.25, 0.3) is 5.91 Å². The molecule has 0 saturated carbocycles. The number of halogens is 1. The molecule has 0 bridgehead atoms. The number of aromatic nitrogens is 2. The standard InChI is InChI=1S/C15H14ClN3O3/c1-18-11-7-19(5-4-10(11)17-15(18)16)14(20)9-2-3-12-13(6-9)22-8-21-12/h2-3,6H,4-5,7-8H2,1H3. The second kappa shape index (κ2) is 4.91. The number of rotatable bonds is 1. The maximum atomic E-state index is 12.7. The van der Waals surface area contributed by atoms with Crippen molar-refractivity contribution in [2.24, 2.45) is 7.05 Å². The monoisotopic (exact) mass is 319 g/mol. The van der Waals surface area contributed by atoms with E-state index in [1.807, 2.05) is 11.6 Å². The predicted octanol–water partition coefficient (Wildman–Crippen LogP) is 2.00. The third-order valence-corrected chi connectivity index (χ3v) is 4.45. The SMILES string of the molecule is Cn1c(Cl)nc2c1CN(C(=O)c1ccc3c(c1)OCO3)CC2. The van der Waals surface area contributed by atoms with Crippen molar-refractivity contribution in [1.82, 2.24) is 14.5 Å². The summed E-state index contributed by atoms with van der Waals surface area (Å²) in [4.78, 5) is 18.8. The van der Waals surface area contributed by atoms with E-state index in [9.17, 15) is 4.79 Å². The first-order chi connectivity index (χ1) is 10.6. The largest absolute Gasteiger partial charge is 0.454 e. The van der Waals surface area contributed by atoms with E-state index in [2.05, 4.69) is 4.98 Å². The molecule has 4 rings (SSSR count). The number of nitrogens with zero attached hydrogens (tertiary/aromatic N) is 3. The lowest BCUT2D eigenvalue weighted by Crippen LogP contribution is -2.36.